The molecular weight excluding hydrogens is 202 g/mol. The number of hydrogen-bond donors (Lipinski definition) is 2. The van der Waals surface area contributed by atoms with E-state index in [0.29, 0.717) is 17.5 Å². The first-order valence-corrected chi connectivity index (χ1v) is 5.78. The molecule has 1 aromatic rings. The Morgan fingerprint density at radius 3 is 2.88 bits per heavy atom. The lowest BCUT2D eigenvalue weighted by molar-refractivity contribution is 0.0984. The zero-order valence-corrected chi connectivity index (χ0v) is 9.55. The van der Waals surface area contributed by atoms with Crippen LogP contribution in [0.5, 0.6) is 5.75 Å². The van der Waals surface area contributed by atoms with Crippen molar-refractivity contribution in [1.29, 1.82) is 0 Å². The number of nitrogens with two attached hydrogens (primary N) is 1. The van der Waals surface area contributed by atoms with Crippen molar-refractivity contribution in [3.63, 3.8) is 0 Å². The Balaban J connectivity index is 2.64. The molecule has 3 heteroatoms. The first-order chi connectivity index (χ1) is 7.69. The fraction of sp³-hybridized carbons (Fsp3) is 0.462. The lowest BCUT2D eigenvalue weighted by Crippen LogP contribution is -2.07. The molecule has 86 valence electrons. The summed E-state index contributed by atoms with van der Waals surface area (Å²) in [5, 5.41) is 10.1. The van der Waals surface area contributed by atoms with E-state index >= 15 is 0 Å². The maximum atomic E-state index is 11.9. The molecule has 0 heterocycles. The van der Waals surface area contributed by atoms with Crippen LogP contribution in [0.2, 0.25) is 0 Å². The van der Waals surface area contributed by atoms with Crippen LogP contribution >= 0.6 is 0 Å². The molecule has 1 aliphatic carbocycles. The van der Waals surface area contributed by atoms with Gasteiger partial charge in [-0.25, -0.2) is 0 Å². The summed E-state index contributed by atoms with van der Waals surface area (Å²) in [6.45, 7) is 2.10. The molecule has 0 unspecified atom stereocenters. The number of phenols is 1. The van der Waals surface area contributed by atoms with E-state index in [-0.39, 0.29) is 18.1 Å². The number of benzene rings is 1. The van der Waals surface area contributed by atoms with Gasteiger partial charge in [0.15, 0.2) is 5.78 Å². The minimum absolute atomic E-state index is 0.0194. The molecule has 0 radical (unpaired) electrons. The van der Waals surface area contributed by atoms with Crippen LogP contribution in [0.4, 0.5) is 0 Å². The number of aromatic hydroxyl groups is 1. The number of carbonyl (C=O) groups excluding carboxylic acids is 1. The van der Waals surface area contributed by atoms with Gasteiger partial charge in [0.25, 0.3) is 0 Å². The van der Waals surface area contributed by atoms with Gasteiger partial charge in [-0.3, -0.25) is 4.79 Å². The molecule has 2 rings (SSSR count). The first-order valence-electron chi connectivity index (χ1n) is 5.78. The van der Waals surface area contributed by atoms with Crippen LogP contribution in [0.25, 0.3) is 0 Å². The lowest BCUT2D eigenvalue weighted by Gasteiger charge is -2.13. The molecule has 0 aliphatic heterocycles. The molecule has 0 aromatic heterocycles. The second kappa shape index (κ2) is 4.26. The van der Waals surface area contributed by atoms with Gasteiger partial charge in [-0.2, -0.15) is 0 Å². The molecule has 0 atom stereocenters. The normalized spacial score (nSPS) is 13.9. The van der Waals surface area contributed by atoms with Gasteiger partial charge in [-0.1, -0.05) is 13.0 Å². The zero-order chi connectivity index (χ0) is 11.7. The number of aryl methyl sites for hydroxylation is 1. The molecule has 3 N–H and O–H groups in total. The molecule has 0 spiro atoms. The Morgan fingerprint density at radius 1 is 1.50 bits per heavy atom. The van der Waals surface area contributed by atoms with Crippen LogP contribution in [0, 0.1) is 0 Å². The molecule has 1 aromatic carbocycles. The van der Waals surface area contributed by atoms with Crippen molar-refractivity contribution in [2.75, 3.05) is 0 Å². The van der Waals surface area contributed by atoms with E-state index in [1.54, 1.807) is 0 Å². The topological polar surface area (TPSA) is 63.3 Å². The van der Waals surface area contributed by atoms with E-state index in [1.165, 1.54) is 5.56 Å². The summed E-state index contributed by atoms with van der Waals surface area (Å²) in [5.74, 6) is 0.126. The molecule has 16 heavy (non-hydrogen) atoms. The predicted molar refractivity (Wildman–Crippen MR) is 62.6 cm³/mol. The van der Waals surface area contributed by atoms with Crippen LogP contribution in [0.15, 0.2) is 6.07 Å². The summed E-state index contributed by atoms with van der Waals surface area (Å²) >= 11 is 0. The van der Waals surface area contributed by atoms with Crippen LogP contribution in [0.1, 0.15) is 46.8 Å². The second-order valence-corrected chi connectivity index (χ2v) is 4.23. The van der Waals surface area contributed by atoms with Gasteiger partial charge in [-0.05, 0) is 30.4 Å². The molecule has 3 nitrogen and oxygen atoms in total. The van der Waals surface area contributed by atoms with Gasteiger partial charge in [0.2, 0.25) is 0 Å². The molecule has 0 amide bonds. The summed E-state index contributed by atoms with van der Waals surface area (Å²) in [6, 6.07) is 1.95. The number of rotatable bonds is 3. The van der Waals surface area contributed by atoms with Crippen LogP contribution in [-0.4, -0.2) is 10.9 Å². The quantitative estimate of drug-likeness (QED) is 0.763. The highest BCUT2D eigenvalue weighted by molar-refractivity contribution is 6.00. The smallest absolute Gasteiger partial charge is 0.166 e. The Bertz CT molecular complexity index is 437. The van der Waals surface area contributed by atoms with Crippen LogP contribution < -0.4 is 5.73 Å². The minimum Gasteiger partial charge on any atom is -0.507 e. The monoisotopic (exact) mass is 219 g/mol. The molecule has 1 aliphatic rings. The van der Waals surface area contributed by atoms with E-state index in [9.17, 15) is 9.90 Å². The third-order valence-corrected chi connectivity index (χ3v) is 3.27. The summed E-state index contributed by atoms with van der Waals surface area (Å²) < 4.78 is 0. The van der Waals surface area contributed by atoms with Gasteiger partial charge < -0.3 is 10.8 Å². The first kappa shape index (κ1) is 11.1. The lowest BCUT2D eigenvalue weighted by atomic mass is 9.94. The van der Waals surface area contributed by atoms with Crippen molar-refractivity contribution in [2.24, 2.45) is 5.73 Å². The Kier molecular flexibility index (Phi) is 2.97. The Morgan fingerprint density at radius 2 is 2.25 bits per heavy atom. The third kappa shape index (κ3) is 1.61. The van der Waals surface area contributed by atoms with Gasteiger partial charge in [0.1, 0.15) is 5.75 Å². The van der Waals surface area contributed by atoms with Crippen molar-refractivity contribution in [3.8, 4) is 5.75 Å². The number of Topliss-reactive ketones (excluding diaryl/α,β-unsaturated/α-hetero) is 1. The fourth-order valence-corrected chi connectivity index (χ4v) is 2.43. The maximum Gasteiger partial charge on any atom is 0.166 e. The number of hydrogen-bond acceptors (Lipinski definition) is 3. The highest BCUT2D eigenvalue weighted by atomic mass is 16.3. The number of phenolic OH excluding ortho intramolecular Hbond substituents is 1. The summed E-state index contributed by atoms with van der Waals surface area (Å²) in [5.41, 5.74) is 9.03. The molecule has 0 saturated carbocycles. The third-order valence-electron chi connectivity index (χ3n) is 3.27. The average molecular weight is 219 g/mol. The van der Waals surface area contributed by atoms with Gasteiger partial charge in [-0.15, -0.1) is 0 Å². The van der Waals surface area contributed by atoms with E-state index in [2.05, 4.69) is 0 Å². The number of fused-ring (bicyclic) bond motifs is 1. The summed E-state index contributed by atoms with van der Waals surface area (Å²) in [4.78, 5) is 11.9. The highest BCUT2D eigenvalue weighted by Gasteiger charge is 2.23. The fourth-order valence-electron chi connectivity index (χ4n) is 2.43. The van der Waals surface area contributed by atoms with Crippen LogP contribution in [0.3, 0.4) is 0 Å². The van der Waals surface area contributed by atoms with E-state index in [1.807, 2.05) is 13.0 Å². The highest BCUT2D eigenvalue weighted by Crippen LogP contribution is 2.35. The molecule has 0 fully saturated rings. The summed E-state index contributed by atoms with van der Waals surface area (Å²) in [7, 11) is 0. The Hall–Kier alpha value is -1.35. The van der Waals surface area contributed by atoms with Crippen LogP contribution in [-0.2, 0) is 19.4 Å². The minimum atomic E-state index is 0.0194. The second-order valence-electron chi connectivity index (χ2n) is 4.23. The van der Waals surface area contributed by atoms with E-state index < -0.39 is 0 Å². The van der Waals surface area contributed by atoms with Crippen molar-refractivity contribution >= 4 is 5.78 Å². The van der Waals surface area contributed by atoms with Gasteiger partial charge in [0.05, 0.1) is 5.56 Å². The standard InChI is InChI=1S/C13H17NO2/c1-2-11(15)12-10-5-3-4-8(10)6-9(7-14)13(12)16/h6,16H,2-5,7,14H2,1H3. The number of carbonyl (C=O) groups is 1. The van der Waals surface area contributed by atoms with E-state index in [0.717, 1.165) is 24.8 Å². The largest absolute Gasteiger partial charge is 0.507 e. The molecular formula is C13H17NO2. The van der Waals surface area contributed by atoms with Crippen molar-refractivity contribution in [3.05, 3.63) is 28.3 Å². The number of ketones is 1. The van der Waals surface area contributed by atoms with Crippen molar-refractivity contribution < 1.29 is 9.90 Å². The average Bonchev–Trinajstić information content (AvgIpc) is 2.74. The SMILES string of the molecule is CCC(=O)c1c(O)c(CN)cc2c1CCC2. The Labute approximate surface area is 95.3 Å². The van der Waals surface area contributed by atoms with Gasteiger partial charge >= 0.3 is 0 Å². The maximum absolute atomic E-state index is 11.9. The van der Waals surface area contributed by atoms with Crippen molar-refractivity contribution in [1.82, 2.24) is 0 Å². The summed E-state index contributed by atoms with van der Waals surface area (Å²) in [6.07, 6.45) is 3.38. The zero-order valence-electron chi connectivity index (χ0n) is 9.55. The van der Waals surface area contributed by atoms with Crippen molar-refractivity contribution in [2.45, 2.75) is 39.2 Å². The van der Waals surface area contributed by atoms with E-state index in [4.69, 9.17) is 5.73 Å². The van der Waals surface area contributed by atoms with Gasteiger partial charge in [0, 0.05) is 18.5 Å². The molecule has 0 bridgehead atoms. The molecule has 0 saturated heterocycles. The predicted octanol–water partition coefficient (Wildman–Crippen LogP) is 1.93.